The number of ether oxygens (including phenoxy) is 1. The van der Waals surface area contributed by atoms with E-state index in [1.807, 2.05) is 38.1 Å². The van der Waals surface area contributed by atoms with Crippen molar-refractivity contribution in [2.24, 2.45) is 0 Å². The number of rotatable bonds is 3. The molecule has 5 nitrogen and oxygen atoms in total. The van der Waals surface area contributed by atoms with Crippen molar-refractivity contribution in [1.29, 1.82) is 0 Å². The maximum atomic E-state index is 13.1. The van der Waals surface area contributed by atoms with E-state index in [1.165, 1.54) is 11.3 Å². The minimum absolute atomic E-state index is 0.0261. The van der Waals surface area contributed by atoms with E-state index in [9.17, 15) is 9.59 Å². The van der Waals surface area contributed by atoms with Crippen molar-refractivity contribution in [3.05, 3.63) is 64.0 Å². The minimum Gasteiger partial charge on any atom is -0.372 e. The van der Waals surface area contributed by atoms with E-state index in [0.29, 0.717) is 34.2 Å². The molecule has 2 aromatic carbocycles. The van der Waals surface area contributed by atoms with Gasteiger partial charge in [0.15, 0.2) is 0 Å². The van der Waals surface area contributed by atoms with Crippen molar-refractivity contribution in [2.75, 3.05) is 18.4 Å². The summed E-state index contributed by atoms with van der Waals surface area (Å²) in [4.78, 5) is 28.3. The van der Waals surface area contributed by atoms with Gasteiger partial charge in [-0.3, -0.25) is 9.59 Å². The highest BCUT2D eigenvalue weighted by molar-refractivity contribution is 7.21. The molecular formula is C22H21ClN2O3S. The first-order valence-corrected chi connectivity index (χ1v) is 10.7. The number of anilines is 1. The molecule has 4 rings (SSSR count). The molecule has 2 heterocycles. The Morgan fingerprint density at radius 1 is 1.07 bits per heavy atom. The van der Waals surface area contributed by atoms with Crippen LogP contribution in [0.1, 0.15) is 33.9 Å². The lowest BCUT2D eigenvalue weighted by atomic mass is 10.1. The van der Waals surface area contributed by atoms with Crippen LogP contribution in [0.4, 0.5) is 5.69 Å². The topological polar surface area (TPSA) is 58.6 Å². The van der Waals surface area contributed by atoms with Gasteiger partial charge in [-0.25, -0.2) is 0 Å². The average molecular weight is 429 g/mol. The van der Waals surface area contributed by atoms with Crippen LogP contribution < -0.4 is 5.32 Å². The Balaban J connectivity index is 1.60. The average Bonchev–Trinajstić information content (AvgIpc) is 3.04. The largest absolute Gasteiger partial charge is 0.372 e. The number of benzene rings is 2. The lowest BCUT2D eigenvalue weighted by Gasteiger charge is -2.35. The number of thiophene rings is 1. The van der Waals surface area contributed by atoms with Gasteiger partial charge in [0, 0.05) is 23.2 Å². The Labute approximate surface area is 178 Å². The number of fused-ring (bicyclic) bond motifs is 1. The van der Waals surface area contributed by atoms with Gasteiger partial charge < -0.3 is 15.0 Å². The van der Waals surface area contributed by atoms with Gasteiger partial charge in [-0.1, -0.05) is 41.9 Å². The predicted molar refractivity (Wildman–Crippen MR) is 117 cm³/mol. The van der Waals surface area contributed by atoms with Crippen LogP contribution in [0.3, 0.4) is 0 Å². The van der Waals surface area contributed by atoms with Gasteiger partial charge in [0.1, 0.15) is 4.88 Å². The van der Waals surface area contributed by atoms with Crippen LogP contribution in [0.15, 0.2) is 48.5 Å². The predicted octanol–water partition coefficient (Wildman–Crippen LogP) is 5.06. The van der Waals surface area contributed by atoms with Gasteiger partial charge in [0.25, 0.3) is 11.8 Å². The van der Waals surface area contributed by atoms with E-state index < -0.39 is 0 Å². The summed E-state index contributed by atoms with van der Waals surface area (Å²) in [6, 6.07) is 14.7. The molecule has 3 aromatic rings. The lowest BCUT2D eigenvalue weighted by Crippen LogP contribution is -2.48. The Kier molecular flexibility index (Phi) is 5.58. The first-order valence-electron chi connectivity index (χ1n) is 9.46. The van der Waals surface area contributed by atoms with E-state index >= 15 is 0 Å². The van der Waals surface area contributed by atoms with Gasteiger partial charge in [-0.15, -0.1) is 11.3 Å². The smallest absolute Gasteiger partial charge is 0.267 e. The Hall–Kier alpha value is -2.41. The molecule has 0 aliphatic carbocycles. The second-order valence-electron chi connectivity index (χ2n) is 7.21. The summed E-state index contributed by atoms with van der Waals surface area (Å²) in [5, 5.41) is 4.16. The molecule has 0 bridgehead atoms. The summed E-state index contributed by atoms with van der Waals surface area (Å²) in [5.74, 6) is -0.439. The van der Waals surface area contributed by atoms with Gasteiger partial charge >= 0.3 is 0 Å². The normalized spacial score (nSPS) is 19.3. The number of nitrogens with zero attached hydrogens (tertiary/aromatic N) is 1. The number of nitrogens with one attached hydrogen (secondary N) is 1. The third kappa shape index (κ3) is 4.01. The standard InChI is InChI=1S/C22H21ClN2O3S/c1-13-11-25(12-14(2)28-13)22(27)15-7-3-5-9-17(15)24-21(26)20-19(23)16-8-4-6-10-18(16)29-20/h3-10,13-14H,11-12H2,1-2H3,(H,24,26)/t13-,14-/m0/s1. The fourth-order valence-corrected chi connectivity index (χ4v) is 5.04. The van der Waals surface area contributed by atoms with E-state index in [1.54, 1.807) is 29.2 Å². The fourth-order valence-electron chi connectivity index (χ4n) is 3.63. The molecule has 1 aliphatic rings. The Bertz CT molecular complexity index is 1070. The molecular weight excluding hydrogens is 408 g/mol. The molecule has 1 N–H and O–H groups in total. The molecule has 1 fully saturated rings. The summed E-state index contributed by atoms with van der Waals surface area (Å²) in [7, 11) is 0. The second-order valence-corrected chi connectivity index (χ2v) is 8.64. The fraction of sp³-hybridized carbons (Fsp3) is 0.273. The molecule has 1 aromatic heterocycles. The summed E-state index contributed by atoms with van der Waals surface area (Å²) < 4.78 is 6.67. The van der Waals surface area contributed by atoms with Crippen molar-refractivity contribution in [3.8, 4) is 0 Å². The first kappa shape index (κ1) is 19.9. The zero-order valence-corrected chi connectivity index (χ0v) is 17.7. The number of halogens is 1. The number of hydrogen-bond donors (Lipinski definition) is 1. The summed E-state index contributed by atoms with van der Waals surface area (Å²) in [6.45, 7) is 4.95. The summed E-state index contributed by atoms with van der Waals surface area (Å²) in [5.41, 5.74) is 0.933. The number of hydrogen-bond acceptors (Lipinski definition) is 4. The Morgan fingerprint density at radius 2 is 1.72 bits per heavy atom. The number of carbonyl (C=O) groups is 2. The van der Waals surface area contributed by atoms with Crippen molar-refractivity contribution in [2.45, 2.75) is 26.1 Å². The number of para-hydroxylation sites is 1. The number of carbonyl (C=O) groups excluding carboxylic acids is 2. The molecule has 2 amide bonds. The molecule has 1 saturated heterocycles. The molecule has 29 heavy (non-hydrogen) atoms. The molecule has 7 heteroatoms. The maximum Gasteiger partial charge on any atom is 0.267 e. The van der Waals surface area contributed by atoms with Crippen LogP contribution >= 0.6 is 22.9 Å². The lowest BCUT2D eigenvalue weighted by molar-refractivity contribution is -0.0585. The highest BCUT2D eigenvalue weighted by Gasteiger charge is 2.28. The molecule has 0 spiro atoms. The molecule has 2 atom stereocenters. The van der Waals surface area contributed by atoms with Crippen molar-refractivity contribution >= 4 is 50.5 Å². The number of amides is 2. The molecule has 0 saturated carbocycles. The van der Waals surface area contributed by atoms with Crippen molar-refractivity contribution in [3.63, 3.8) is 0 Å². The van der Waals surface area contributed by atoms with Crippen LogP contribution in [0.5, 0.6) is 0 Å². The van der Waals surface area contributed by atoms with Crippen molar-refractivity contribution in [1.82, 2.24) is 4.90 Å². The van der Waals surface area contributed by atoms with E-state index in [-0.39, 0.29) is 24.0 Å². The van der Waals surface area contributed by atoms with Crippen LogP contribution in [0, 0.1) is 0 Å². The van der Waals surface area contributed by atoms with Crippen LogP contribution in [-0.2, 0) is 4.74 Å². The van der Waals surface area contributed by atoms with E-state index in [0.717, 1.165) is 10.1 Å². The zero-order valence-electron chi connectivity index (χ0n) is 16.1. The minimum atomic E-state index is -0.319. The SMILES string of the molecule is C[C@H]1CN(C(=O)c2ccccc2NC(=O)c2sc3ccccc3c2Cl)C[C@H](C)O1. The van der Waals surface area contributed by atoms with Gasteiger partial charge in [0.2, 0.25) is 0 Å². The van der Waals surface area contributed by atoms with Crippen molar-refractivity contribution < 1.29 is 14.3 Å². The first-order chi connectivity index (χ1) is 13.9. The summed E-state index contributed by atoms with van der Waals surface area (Å²) >= 11 is 7.77. The third-order valence-electron chi connectivity index (χ3n) is 4.85. The third-order valence-corrected chi connectivity index (χ3v) is 6.53. The quantitative estimate of drug-likeness (QED) is 0.634. The summed E-state index contributed by atoms with van der Waals surface area (Å²) in [6.07, 6.45) is -0.0522. The van der Waals surface area contributed by atoms with Gasteiger partial charge in [-0.2, -0.15) is 0 Å². The molecule has 0 radical (unpaired) electrons. The van der Waals surface area contributed by atoms with E-state index in [2.05, 4.69) is 5.32 Å². The van der Waals surface area contributed by atoms with Crippen LogP contribution in [-0.4, -0.2) is 42.0 Å². The van der Waals surface area contributed by atoms with Crippen LogP contribution in [0.25, 0.3) is 10.1 Å². The van der Waals surface area contributed by atoms with Gasteiger partial charge in [0.05, 0.1) is 28.5 Å². The highest BCUT2D eigenvalue weighted by atomic mass is 35.5. The molecule has 1 aliphatic heterocycles. The second kappa shape index (κ2) is 8.14. The molecule has 0 unspecified atom stereocenters. The highest BCUT2D eigenvalue weighted by Crippen LogP contribution is 2.35. The monoisotopic (exact) mass is 428 g/mol. The maximum absolute atomic E-state index is 13.1. The Morgan fingerprint density at radius 3 is 2.45 bits per heavy atom. The molecule has 150 valence electrons. The van der Waals surface area contributed by atoms with Gasteiger partial charge in [-0.05, 0) is 32.0 Å². The zero-order chi connectivity index (χ0) is 20.5. The van der Waals surface area contributed by atoms with E-state index in [4.69, 9.17) is 16.3 Å². The number of morpholine rings is 1. The van der Waals surface area contributed by atoms with Crippen LogP contribution in [0.2, 0.25) is 5.02 Å².